The Bertz CT molecular complexity index is 519. The van der Waals surface area contributed by atoms with E-state index in [1.807, 2.05) is 6.92 Å². The number of halogens is 2. The molecule has 0 aliphatic rings. The van der Waals surface area contributed by atoms with Crippen molar-refractivity contribution >= 4 is 21.4 Å². The lowest BCUT2D eigenvalue weighted by atomic mass is 10.0. The van der Waals surface area contributed by atoms with Gasteiger partial charge in [-0.15, -0.1) is 0 Å². The van der Waals surface area contributed by atoms with E-state index in [4.69, 9.17) is 11.6 Å². The van der Waals surface area contributed by atoms with Crippen LogP contribution < -0.4 is 5.32 Å². The average molecular weight is 308 g/mol. The van der Waals surface area contributed by atoms with E-state index in [1.54, 1.807) is 6.07 Å². The third-order valence-electron chi connectivity index (χ3n) is 2.75. The molecule has 0 fully saturated rings. The highest BCUT2D eigenvalue weighted by atomic mass is 35.5. The molecule has 0 saturated carbocycles. The molecule has 0 radical (unpaired) electrons. The zero-order valence-electron chi connectivity index (χ0n) is 11.1. The van der Waals surface area contributed by atoms with Gasteiger partial charge in [0.25, 0.3) is 0 Å². The molecule has 0 aliphatic heterocycles. The monoisotopic (exact) mass is 307 g/mol. The highest BCUT2D eigenvalue weighted by Crippen LogP contribution is 2.24. The number of hydrogen-bond acceptors (Lipinski definition) is 3. The minimum Gasteiger partial charge on any atom is -0.310 e. The maximum atomic E-state index is 13.8. The van der Waals surface area contributed by atoms with Gasteiger partial charge in [0.15, 0.2) is 0 Å². The molecule has 0 saturated heterocycles. The summed E-state index contributed by atoms with van der Waals surface area (Å²) in [5.74, 6) is -0.355. The maximum absolute atomic E-state index is 13.8. The van der Waals surface area contributed by atoms with Crippen LogP contribution in [0.25, 0.3) is 0 Å². The Morgan fingerprint density at radius 3 is 2.68 bits per heavy atom. The fourth-order valence-electron chi connectivity index (χ4n) is 1.80. The Kier molecular flexibility index (Phi) is 6.23. The van der Waals surface area contributed by atoms with Crippen molar-refractivity contribution in [1.82, 2.24) is 5.32 Å². The van der Waals surface area contributed by atoms with E-state index in [1.165, 1.54) is 18.4 Å². The summed E-state index contributed by atoms with van der Waals surface area (Å²) in [5.41, 5.74) is 0.421. The summed E-state index contributed by atoms with van der Waals surface area (Å²) in [6, 6.07) is 3.99. The molecule has 1 unspecified atom stereocenters. The zero-order valence-corrected chi connectivity index (χ0v) is 12.7. The van der Waals surface area contributed by atoms with Crippen LogP contribution >= 0.6 is 11.6 Å². The van der Waals surface area contributed by atoms with Gasteiger partial charge < -0.3 is 5.32 Å². The molecule has 1 N–H and O–H groups in total. The predicted molar refractivity (Wildman–Crippen MR) is 76.8 cm³/mol. The van der Waals surface area contributed by atoms with Gasteiger partial charge in [0.05, 0.1) is 5.75 Å². The van der Waals surface area contributed by atoms with Crippen molar-refractivity contribution in [3.05, 3.63) is 34.6 Å². The first-order valence-electron chi connectivity index (χ1n) is 6.19. The third-order valence-corrected chi connectivity index (χ3v) is 3.96. The standard InChI is InChI=1S/C13H19ClFNO2S/c1-3-7-16-13(6-8-19(2,17)18)11-9-10(14)4-5-12(11)15/h4-5,9,13,16H,3,6-8H2,1-2H3. The molecule has 1 aromatic rings. The first-order chi connectivity index (χ1) is 8.83. The number of hydrogen-bond donors (Lipinski definition) is 1. The van der Waals surface area contributed by atoms with E-state index in [9.17, 15) is 12.8 Å². The summed E-state index contributed by atoms with van der Waals surface area (Å²) in [4.78, 5) is 0. The number of rotatable bonds is 7. The van der Waals surface area contributed by atoms with Gasteiger partial charge in [-0.25, -0.2) is 12.8 Å². The second kappa shape index (κ2) is 7.22. The normalized spacial score (nSPS) is 13.5. The van der Waals surface area contributed by atoms with Crippen molar-refractivity contribution < 1.29 is 12.8 Å². The highest BCUT2D eigenvalue weighted by molar-refractivity contribution is 7.90. The molecule has 1 rings (SSSR count). The van der Waals surface area contributed by atoms with Gasteiger partial charge in [-0.05, 0) is 37.6 Å². The number of benzene rings is 1. The van der Waals surface area contributed by atoms with Crippen LogP contribution in [0.1, 0.15) is 31.4 Å². The molecular weight excluding hydrogens is 289 g/mol. The van der Waals surface area contributed by atoms with Gasteiger partial charge in [-0.1, -0.05) is 18.5 Å². The zero-order chi connectivity index (χ0) is 14.5. The molecule has 6 heteroatoms. The Morgan fingerprint density at radius 2 is 2.11 bits per heavy atom. The fraction of sp³-hybridized carbons (Fsp3) is 0.538. The van der Waals surface area contributed by atoms with Gasteiger partial charge in [-0.3, -0.25) is 0 Å². The van der Waals surface area contributed by atoms with Crippen LogP contribution in [-0.4, -0.2) is 27.0 Å². The van der Waals surface area contributed by atoms with Gasteiger partial charge >= 0.3 is 0 Å². The Labute approximate surface area is 119 Å². The van der Waals surface area contributed by atoms with E-state index < -0.39 is 9.84 Å². The summed E-state index contributed by atoms with van der Waals surface area (Å²) in [6.07, 6.45) is 2.39. The SMILES string of the molecule is CCCNC(CCS(C)(=O)=O)c1cc(Cl)ccc1F. The second-order valence-electron chi connectivity index (χ2n) is 4.59. The topological polar surface area (TPSA) is 46.2 Å². The lowest BCUT2D eigenvalue weighted by Gasteiger charge is -2.19. The molecule has 0 aromatic heterocycles. The van der Waals surface area contributed by atoms with Crippen LogP contribution in [0.2, 0.25) is 5.02 Å². The molecule has 1 aromatic carbocycles. The number of nitrogens with one attached hydrogen (secondary N) is 1. The summed E-state index contributed by atoms with van der Waals surface area (Å²) in [7, 11) is -3.07. The lowest BCUT2D eigenvalue weighted by molar-refractivity contribution is 0.486. The molecule has 108 valence electrons. The first-order valence-corrected chi connectivity index (χ1v) is 8.63. The Morgan fingerprint density at radius 1 is 1.42 bits per heavy atom. The molecule has 0 spiro atoms. The smallest absolute Gasteiger partial charge is 0.147 e. The molecule has 0 heterocycles. The molecule has 1 atom stereocenters. The van der Waals surface area contributed by atoms with Crippen molar-refractivity contribution in [3.63, 3.8) is 0 Å². The van der Waals surface area contributed by atoms with E-state index in [0.717, 1.165) is 6.42 Å². The molecule has 3 nitrogen and oxygen atoms in total. The second-order valence-corrected chi connectivity index (χ2v) is 7.29. The van der Waals surface area contributed by atoms with Gasteiger partial charge in [0.2, 0.25) is 0 Å². The minimum atomic E-state index is -3.07. The Balaban J connectivity index is 2.91. The highest BCUT2D eigenvalue weighted by Gasteiger charge is 2.17. The summed E-state index contributed by atoms with van der Waals surface area (Å²) in [5, 5.41) is 3.61. The fourth-order valence-corrected chi connectivity index (χ4v) is 2.64. The lowest BCUT2D eigenvalue weighted by Crippen LogP contribution is -2.25. The largest absolute Gasteiger partial charge is 0.310 e. The quantitative estimate of drug-likeness (QED) is 0.842. The van der Waals surface area contributed by atoms with Gasteiger partial charge in [0.1, 0.15) is 15.7 Å². The molecule has 19 heavy (non-hydrogen) atoms. The first kappa shape index (κ1) is 16.4. The van der Waals surface area contributed by atoms with Crippen LogP contribution in [0.4, 0.5) is 4.39 Å². The minimum absolute atomic E-state index is 0.0142. The van der Waals surface area contributed by atoms with Crippen LogP contribution in [0, 0.1) is 5.82 Å². The van der Waals surface area contributed by atoms with Crippen molar-refractivity contribution in [2.24, 2.45) is 0 Å². The van der Waals surface area contributed by atoms with Crippen molar-refractivity contribution in [1.29, 1.82) is 0 Å². The molecule has 0 aliphatic carbocycles. The molecular formula is C13H19ClFNO2S. The van der Waals surface area contributed by atoms with Crippen LogP contribution in [0.5, 0.6) is 0 Å². The van der Waals surface area contributed by atoms with E-state index in [2.05, 4.69) is 5.32 Å². The van der Waals surface area contributed by atoms with Gasteiger partial charge in [-0.2, -0.15) is 0 Å². The predicted octanol–water partition coefficient (Wildman–Crippen LogP) is 2.95. The van der Waals surface area contributed by atoms with Crippen molar-refractivity contribution in [2.75, 3.05) is 18.6 Å². The summed E-state index contributed by atoms with van der Waals surface area (Å²) in [6.45, 7) is 2.69. The molecule has 0 bridgehead atoms. The van der Waals surface area contributed by atoms with E-state index in [-0.39, 0.29) is 17.6 Å². The van der Waals surface area contributed by atoms with Crippen molar-refractivity contribution in [2.45, 2.75) is 25.8 Å². The van der Waals surface area contributed by atoms with Crippen LogP contribution in [0.3, 0.4) is 0 Å². The van der Waals surface area contributed by atoms with Crippen LogP contribution in [-0.2, 0) is 9.84 Å². The summed E-state index contributed by atoms with van der Waals surface area (Å²) < 4.78 is 36.3. The third kappa shape index (κ3) is 5.89. The average Bonchev–Trinajstić information content (AvgIpc) is 2.32. The maximum Gasteiger partial charge on any atom is 0.147 e. The van der Waals surface area contributed by atoms with E-state index in [0.29, 0.717) is 23.6 Å². The van der Waals surface area contributed by atoms with E-state index >= 15 is 0 Å². The number of sulfone groups is 1. The van der Waals surface area contributed by atoms with Gasteiger partial charge in [0, 0.05) is 22.9 Å². The summed E-state index contributed by atoms with van der Waals surface area (Å²) >= 11 is 5.87. The Hall–Kier alpha value is -0.650. The molecule has 0 amide bonds. The van der Waals surface area contributed by atoms with Crippen LogP contribution in [0.15, 0.2) is 18.2 Å². The van der Waals surface area contributed by atoms with Crippen molar-refractivity contribution in [3.8, 4) is 0 Å².